The number of benzene rings is 1. The maximum Gasteiger partial charge on any atom is 0.358 e. The number of nitrogens with two attached hydrogens (primary N) is 1. The van der Waals surface area contributed by atoms with Gasteiger partial charge in [0.1, 0.15) is 5.82 Å². The van der Waals surface area contributed by atoms with Crippen molar-refractivity contribution >= 4 is 23.4 Å². The molecule has 102 valence electrons. The minimum Gasteiger partial charge on any atom is -0.464 e. The number of hydrogen-bond donors (Lipinski definition) is 2. The van der Waals surface area contributed by atoms with Gasteiger partial charge in [-0.3, -0.25) is 4.79 Å². The molecular weight excluding hydrogens is 260 g/mol. The fourth-order valence-electron chi connectivity index (χ4n) is 1.47. The molecule has 7 heteroatoms. The van der Waals surface area contributed by atoms with Gasteiger partial charge >= 0.3 is 5.97 Å². The first-order chi connectivity index (χ1) is 9.60. The van der Waals surface area contributed by atoms with E-state index in [9.17, 15) is 9.59 Å². The van der Waals surface area contributed by atoms with Crippen molar-refractivity contribution in [2.75, 3.05) is 12.4 Å². The molecule has 0 unspecified atom stereocenters. The average Bonchev–Trinajstić information content (AvgIpc) is 2.48. The molecule has 0 spiro atoms. The molecule has 1 amide bonds. The number of ether oxygens (including phenoxy) is 1. The maximum atomic E-state index is 11.2. The molecular formula is C13H12N4O3. The number of rotatable bonds is 4. The van der Waals surface area contributed by atoms with Crippen molar-refractivity contribution in [3.8, 4) is 0 Å². The fourth-order valence-corrected chi connectivity index (χ4v) is 1.47. The third-order valence-corrected chi connectivity index (χ3v) is 2.49. The number of nitrogens with zero attached hydrogens (tertiary/aromatic N) is 2. The Kier molecular flexibility index (Phi) is 3.90. The molecule has 1 heterocycles. The number of primary amides is 1. The highest BCUT2D eigenvalue weighted by Gasteiger charge is 2.07. The maximum absolute atomic E-state index is 11.2. The minimum absolute atomic E-state index is 0.127. The van der Waals surface area contributed by atoms with Crippen molar-refractivity contribution in [2.45, 2.75) is 0 Å². The van der Waals surface area contributed by atoms with Gasteiger partial charge in [-0.1, -0.05) is 0 Å². The van der Waals surface area contributed by atoms with Crippen LogP contribution in [0.3, 0.4) is 0 Å². The lowest BCUT2D eigenvalue weighted by atomic mass is 10.2. The molecule has 2 rings (SSSR count). The van der Waals surface area contributed by atoms with Crippen LogP contribution in [0.1, 0.15) is 20.8 Å². The topological polar surface area (TPSA) is 107 Å². The van der Waals surface area contributed by atoms with Crippen molar-refractivity contribution in [2.24, 2.45) is 5.73 Å². The normalized spacial score (nSPS) is 9.85. The van der Waals surface area contributed by atoms with Crippen molar-refractivity contribution in [3.05, 3.63) is 47.9 Å². The Balaban J connectivity index is 2.10. The lowest BCUT2D eigenvalue weighted by Crippen LogP contribution is -2.10. The summed E-state index contributed by atoms with van der Waals surface area (Å²) in [7, 11) is 1.27. The first-order valence-electron chi connectivity index (χ1n) is 5.67. The second-order valence-electron chi connectivity index (χ2n) is 3.85. The van der Waals surface area contributed by atoms with Gasteiger partial charge in [-0.05, 0) is 24.3 Å². The monoisotopic (exact) mass is 272 g/mol. The Labute approximate surface area is 114 Å². The Hall–Kier alpha value is -2.96. The third-order valence-electron chi connectivity index (χ3n) is 2.49. The number of hydrogen-bond acceptors (Lipinski definition) is 6. The molecule has 1 aromatic carbocycles. The predicted octanol–water partition coefficient (Wildman–Crippen LogP) is 1.11. The van der Waals surface area contributed by atoms with E-state index in [4.69, 9.17) is 5.73 Å². The van der Waals surface area contributed by atoms with E-state index in [1.807, 2.05) is 0 Å². The van der Waals surface area contributed by atoms with E-state index in [1.54, 1.807) is 24.3 Å². The summed E-state index contributed by atoms with van der Waals surface area (Å²) in [5.41, 5.74) is 6.41. The molecule has 0 atom stereocenters. The quantitative estimate of drug-likeness (QED) is 0.807. The Morgan fingerprint density at radius 3 is 2.35 bits per heavy atom. The number of carbonyl (C=O) groups is 2. The van der Waals surface area contributed by atoms with E-state index in [0.717, 1.165) is 5.69 Å². The van der Waals surface area contributed by atoms with Gasteiger partial charge < -0.3 is 15.8 Å². The fraction of sp³-hybridized carbons (Fsp3) is 0.0769. The van der Waals surface area contributed by atoms with Crippen LogP contribution < -0.4 is 11.1 Å². The molecule has 0 aliphatic heterocycles. The van der Waals surface area contributed by atoms with Crippen LogP contribution in [0.2, 0.25) is 0 Å². The summed E-state index contributed by atoms with van der Waals surface area (Å²) in [5.74, 6) is -0.571. The summed E-state index contributed by atoms with van der Waals surface area (Å²) >= 11 is 0. The summed E-state index contributed by atoms with van der Waals surface area (Å²) in [6.07, 6.45) is 2.72. The molecule has 0 saturated carbocycles. The predicted molar refractivity (Wildman–Crippen MR) is 71.6 cm³/mol. The van der Waals surface area contributed by atoms with Crippen LogP contribution in [-0.4, -0.2) is 29.0 Å². The second kappa shape index (κ2) is 5.79. The standard InChI is InChI=1S/C13H12N4O3/c1-20-13(19)10-6-16-11(7-15-10)17-9-4-2-8(3-5-9)12(14)18/h2-7H,1H3,(H2,14,18)(H,16,17). The molecule has 0 radical (unpaired) electrons. The first-order valence-corrected chi connectivity index (χ1v) is 5.67. The number of carbonyl (C=O) groups excluding carboxylic acids is 2. The van der Waals surface area contributed by atoms with Gasteiger partial charge in [-0.2, -0.15) is 0 Å². The molecule has 0 aliphatic rings. The van der Waals surface area contributed by atoms with Gasteiger partial charge in [0.05, 0.1) is 19.5 Å². The molecule has 0 saturated heterocycles. The van der Waals surface area contributed by atoms with Crippen LogP contribution >= 0.6 is 0 Å². The number of anilines is 2. The Morgan fingerprint density at radius 2 is 1.85 bits per heavy atom. The number of esters is 1. The lowest BCUT2D eigenvalue weighted by Gasteiger charge is -2.06. The van der Waals surface area contributed by atoms with E-state index in [2.05, 4.69) is 20.0 Å². The van der Waals surface area contributed by atoms with Crippen LogP contribution in [0, 0.1) is 0 Å². The molecule has 20 heavy (non-hydrogen) atoms. The summed E-state index contributed by atoms with van der Waals surface area (Å²) in [6, 6.07) is 6.58. The number of nitrogens with one attached hydrogen (secondary N) is 1. The molecule has 0 aliphatic carbocycles. The van der Waals surface area contributed by atoms with Crippen molar-refractivity contribution in [1.82, 2.24) is 9.97 Å². The van der Waals surface area contributed by atoms with Crippen LogP contribution in [0.5, 0.6) is 0 Å². The first kappa shape index (κ1) is 13.5. The molecule has 0 fully saturated rings. The van der Waals surface area contributed by atoms with Crippen LogP contribution in [0.25, 0.3) is 0 Å². The van der Waals surface area contributed by atoms with Crippen LogP contribution in [0.15, 0.2) is 36.7 Å². The van der Waals surface area contributed by atoms with E-state index >= 15 is 0 Å². The largest absolute Gasteiger partial charge is 0.464 e. The van der Waals surface area contributed by atoms with E-state index in [0.29, 0.717) is 11.4 Å². The zero-order chi connectivity index (χ0) is 14.5. The van der Waals surface area contributed by atoms with E-state index in [-0.39, 0.29) is 5.69 Å². The van der Waals surface area contributed by atoms with Crippen LogP contribution in [-0.2, 0) is 4.74 Å². The average molecular weight is 272 g/mol. The zero-order valence-electron chi connectivity index (χ0n) is 10.7. The molecule has 3 N–H and O–H groups in total. The number of amides is 1. The summed E-state index contributed by atoms with van der Waals surface area (Å²) in [6.45, 7) is 0. The third kappa shape index (κ3) is 3.08. The lowest BCUT2D eigenvalue weighted by molar-refractivity contribution is 0.0593. The van der Waals surface area contributed by atoms with Gasteiger partial charge in [0.2, 0.25) is 5.91 Å². The van der Waals surface area contributed by atoms with Crippen molar-refractivity contribution in [3.63, 3.8) is 0 Å². The minimum atomic E-state index is -0.546. The summed E-state index contributed by atoms with van der Waals surface area (Å²) in [5, 5.41) is 2.98. The van der Waals surface area contributed by atoms with E-state index in [1.165, 1.54) is 19.5 Å². The SMILES string of the molecule is COC(=O)c1cnc(Nc2ccc(C(N)=O)cc2)cn1. The highest BCUT2D eigenvalue weighted by atomic mass is 16.5. The van der Waals surface area contributed by atoms with Gasteiger partial charge in [0.15, 0.2) is 5.69 Å². The summed E-state index contributed by atoms with van der Waals surface area (Å²) < 4.78 is 4.52. The second-order valence-corrected chi connectivity index (χ2v) is 3.85. The molecule has 1 aromatic heterocycles. The van der Waals surface area contributed by atoms with Gasteiger partial charge in [-0.25, -0.2) is 14.8 Å². The van der Waals surface area contributed by atoms with Crippen LogP contribution in [0.4, 0.5) is 11.5 Å². The Bertz CT molecular complexity index is 623. The Morgan fingerprint density at radius 1 is 1.15 bits per heavy atom. The highest BCUT2D eigenvalue weighted by molar-refractivity contribution is 5.93. The van der Waals surface area contributed by atoms with Crippen molar-refractivity contribution < 1.29 is 14.3 Å². The molecule has 7 nitrogen and oxygen atoms in total. The van der Waals surface area contributed by atoms with Gasteiger partial charge in [-0.15, -0.1) is 0 Å². The van der Waals surface area contributed by atoms with Gasteiger partial charge in [0, 0.05) is 11.3 Å². The summed E-state index contributed by atoms with van der Waals surface area (Å²) in [4.78, 5) is 30.1. The van der Waals surface area contributed by atoms with Crippen molar-refractivity contribution in [1.29, 1.82) is 0 Å². The highest BCUT2D eigenvalue weighted by Crippen LogP contribution is 2.14. The zero-order valence-corrected chi connectivity index (χ0v) is 10.7. The molecule has 2 aromatic rings. The molecule has 0 bridgehead atoms. The van der Waals surface area contributed by atoms with Gasteiger partial charge in [0.25, 0.3) is 0 Å². The number of aromatic nitrogens is 2. The van der Waals surface area contributed by atoms with E-state index < -0.39 is 11.9 Å². The number of methoxy groups -OCH3 is 1. The smallest absolute Gasteiger partial charge is 0.358 e.